The number of piperidine rings is 1. The molecule has 3 aromatic rings. The predicted molar refractivity (Wildman–Crippen MR) is 129 cm³/mol. The van der Waals surface area contributed by atoms with Gasteiger partial charge >= 0.3 is 0 Å². The minimum atomic E-state index is 0.0496. The van der Waals surface area contributed by atoms with E-state index in [4.69, 9.17) is 9.41 Å². The number of thiazole rings is 1. The number of para-hydroxylation sites is 1. The van der Waals surface area contributed by atoms with E-state index in [1.807, 2.05) is 18.2 Å². The highest BCUT2D eigenvalue weighted by Gasteiger charge is 2.20. The van der Waals surface area contributed by atoms with Crippen LogP contribution in [0.4, 0.5) is 0 Å². The summed E-state index contributed by atoms with van der Waals surface area (Å²) < 4.78 is 6.01. The number of fused-ring (bicyclic) bond motifs is 1. The summed E-state index contributed by atoms with van der Waals surface area (Å²) >= 11 is 1.74. The average Bonchev–Trinajstić information content (AvgIpc) is 3.39. The Morgan fingerprint density at radius 1 is 1.32 bits per heavy atom. The van der Waals surface area contributed by atoms with Gasteiger partial charge in [-0.2, -0.15) is 0 Å². The highest BCUT2D eigenvalue weighted by atomic mass is 32.1. The van der Waals surface area contributed by atoms with Crippen LogP contribution in [0.2, 0.25) is 0 Å². The van der Waals surface area contributed by atoms with E-state index in [2.05, 4.69) is 58.8 Å². The fourth-order valence-corrected chi connectivity index (χ4v) is 4.67. The van der Waals surface area contributed by atoms with Gasteiger partial charge in [-0.25, -0.2) is 4.98 Å². The molecule has 1 saturated heterocycles. The maximum Gasteiger partial charge on any atom is 0.191 e. The summed E-state index contributed by atoms with van der Waals surface area (Å²) in [6.45, 7) is 11.2. The zero-order chi connectivity index (χ0) is 21.6. The van der Waals surface area contributed by atoms with Crippen LogP contribution in [0, 0.1) is 12.8 Å². The van der Waals surface area contributed by atoms with Crippen LogP contribution in [0.3, 0.4) is 0 Å². The second kappa shape index (κ2) is 10.3. The van der Waals surface area contributed by atoms with Crippen LogP contribution in [-0.2, 0) is 6.54 Å². The van der Waals surface area contributed by atoms with Crippen molar-refractivity contribution in [1.29, 1.82) is 0 Å². The van der Waals surface area contributed by atoms with Gasteiger partial charge in [-0.3, -0.25) is 9.89 Å². The monoisotopic (exact) mass is 439 g/mol. The Morgan fingerprint density at radius 3 is 2.84 bits per heavy atom. The van der Waals surface area contributed by atoms with Gasteiger partial charge in [0.05, 0.1) is 16.7 Å². The Labute approximate surface area is 188 Å². The van der Waals surface area contributed by atoms with E-state index in [-0.39, 0.29) is 6.04 Å². The van der Waals surface area contributed by atoms with Gasteiger partial charge in [0.1, 0.15) is 11.3 Å². The van der Waals surface area contributed by atoms with E-state index >= 15 is 0 Å². The largest absolute Gasteiger partial charge is 0.459 e. The first kappa shape index (κ1) is 21.8. The molecule has 3 heterocycles. The first-order valence-electron chi connectivity index (χ1n) is 11.3. The highest BCUT2D eigenvalue weighted by molar-refractivity contribution is 7.09. The Morgan fingerprint density at radius 2 is 2.13 bits per heavy atom. The van der Waals surface area contributed by atoms with Crippen molar-refractivity contribution in [2.24, 2.45) is 10.9 Å². The van der Waals surface area contributed by atoms with Gasteiger partial charge in [0.15, 0.2) is 5.96 Å². The third-order valence-corrected chi connectivity index (χ3v) is 6.66. The molecule has 2 N–H and O–H groups in total. The second-order valence-corrected chi connectivity index (χ2v) is 9.41. The van der Waals surface area contributed by atoms with Gasteiger partial charge in [0, 0.05) is 30.4 Å². The lowest BCUT2D eigenvalue weighted by Gasteiger charge is -2.30. The minimum Gasteiger partial charge on any atom is -0.459 e. The summed E-state index contributed by atoms with van der Waals surface area (Å²) in [6, 6.07) is 10.3. The molecule has 1 aliphatic heterocycles. The van der Waals surface area contributed by atoms with Gasteiger partial charge in [-0.15, -0.1) is 11.3 Å². The number of aromatic nitrogens is 1. The molecule has 0 radical (unpaired) electrons. The predicted octanol–water partition coefficient (Wildman–Crippen LogP) is 4.73. The first-order valence-corrected chi connectivity index (χ1v) is 12.2. The number of nitrogens with one attached hydrogen (secondary N) is 2. The van der Waals surface area contributed by atoms with Crippen LogP contribution in [-0.4, -0.2) is 42.0 Å². The molecular formula is C24H33N5OS. The smallest absolute Gasteiger partial charge is 0.191 e. The third-order valence-electron chi connectivity index (χ3n) is 5.84. The molecule has 2 aromatic heterocycles. The van der Waals surface area contributed by atoms with Crippen LogP contribution in [0.5, 0.6) is 0 Å². The van der Waals surface area contributed by atoms with Crippen molar-refractivity contribution in [2.75, 3.05) is 26.2 Å². The molecule has 4 rings (SSSR count). The van der Waals surface area contributed by atoms with E-state index in [0.717, 1.165) is 60.4 Å². The van der Waals surface area contributed by atoms with Crippen LogP contribution < -0.4 is 10.6 Å². The van der Waals surface area contributed by atoms with Gasteiger partial charge in [0.25, 0.3) is 0 Å². The van der Waals surface area contributed by atoms with Gasteiger partial charge in [0.2, 0.25) is 0 Å². The summed E-state index contributed by atoms with van der Waals surface area (Å²) in [7, 11) is 0. The molecular weight excluding hydrogens is 406 g/mol. The third kappa shape index (κ3) is 5.86. The van der Waals surface area contributed by atoms with E-state index in [0.29, 0.717) is 5.92 Å². The average molecular weight is 440 g/mol. The maximum absolute atomic E-state index is 6.01. The number of guanidine groups is 1. The van der Waals surface area contributed by atoms with Crippen molar-refractivity contribution in [1.82, 2.24) is 20.5 Å². The molecule has 166 valence electrons. The molecule has 1 unspecified atom stereocenters. The van der Waals surface area contributed by atoms with Crippen molar-refractivity contribution in [3.63, 3.8) is 0 Å². The standard InChI is InChI=1S/C24H33N5OS/c1-4-25-24(27-17(2)23-13-20-7-5-6-8-22(20)30-23)26-14-19-9-11-29(12-10-19)15-21-16-31-18(3)28-21/h5-8,13,16-17,19H,4,9-12,14-15H2,1-3H3,(H2,25,26,27). The quantitative estimate of drug-likeness (QED) is 0.412. The number of hydrogen-bond acceptors (Lipinski definition) is 5. The fourth-order valence-electron chi connectivity index (χ4n) is 4.07. The van der Waals surface area contributed by atoms with E-state index in [1.165, 1.54) is 18.5 Å². The minimum absolute atomic E-state index is 0.0496. The van der Waals surface area contributed by atoms with Gasteiger partial charge < -0.3 is 15.1 Å². The van der Waals surface area contributed by atoms with Crippen LogP contribution in [0.25, 0.3) is 11.0 Å². The molecule has 7 heteroatoms. The molecule has 1 atom stereocenters. The van der Waals surface area contributed by atoms with Crippen LogP contribution in [0.15, 0.2) is 45.1 Å². The Balaban J connectivity index is 1.29. The number of likely N-dealkylation sites (tertiary alicyclic amines) is 1. The van der Waals surface area contributed by atoms with E-state index in [1.54, 1.807) is 11.3 Å². The molecule has 0 spiro atoms. The zero-order valence-corrected chi connectivity index (χ0v) is 19.5. The summed E-state index contributed by atoms with van der Waals surface area (Å²) in [4.78, 5) is 12.0. The molecule has 31 heavy (non-hydrogen) atoms. The zero-order valence-electron chi connectivity index (χ0n) is 18.7. The maximum atomic E-state index is 6.01. The Kier molecular flexibility index (Phi) is 7.25. The van der Waals surface area contributed by atoms with E-state index < -0.39 is 0 Å². The van der Waals surface area contributed by atoms with Crippen molar-refractivity contribution < 1.29 is 4.42 Å². The molecule has 0 saturated carbocycles. The Bertz CT molecular complexity index is 969. The van der Waals surface area contributed by atoms with Gasteiger partial charge in [-0.1, -0.05) is 18.2 Å². The van der Waals surface area contributed by atoms with E-state index in [9.17, 15) is 0 Å². The molecule has 1 aromatic carbocycles. The number of nitrogens with zero attached hydrogens (tertiary/aromatic N) is 3. The van der Waals surface area contributed by atoms with Crippen molar-refractivity contribution in [3.8, 4) is 0 Å². The molecule has 1 fully saturated rings. The summed E-state index contributed by atoms with van der Waals surface area (Å²) in [5.41, 5.74) is 2.13. The number of benzene rings is 1. The highest BCUT2D eigenvalue weighted by Crippen LogP contribution is 2.24. The molecule has 0 amide bonds. The lowest BCUT2D eigenvalue weighted by Crippen LogP contribution is -2.39. The van der Waals surface area contributed by atoms with Crippen molar-refractivity contribution in [2.45, 2.75) is 46.2 Å². The van der Waals surface area contributed by atoms with Crippen LogP contribution >= 0.6 is 11.3 Å². The molecule has 0 bridgehead atoms. The Hall–Kier alpha value is -2.38. The number of aliphatic imine (C=N–C) groups is 1. The summed E-state index contributed by atoms with van der Waals surface area (Å²) in [5, 5.41) is 11.4. The number of rotatable bonds is 7. The second-order valence-electron chi connectivity index (χ2n) is 8.35. The van der Waals surface area contributed by atoms with Crippen molar-refractivity contribution >= 4 is 28.3 Å². The number of hydrogen-bond donors (Lipinski definition) is 2. The summed E-state index contributed by atoms with van der Waals surface area (Å²) in [5.74, 6) is 2.42. The lowest BCUT2D eigenvalue weighted by molar-refractivity contribution is 0.179. The lowest BCUT2D eigenvalue weighted by atomic mass is 9.97. The van der Waals surface area contributed by atoms with Crippen LogP contribution in [0.1, 0.15) is 49.2 Å². The normalized spacial score (nSPS) is 17.2. The van der Waals surface area contributed by atoms with Gasteiger partial charge in [-0.05, 0) is 64.8 Å². The summed E-state index contributed by atoms with van der Waals surface area (Å²) in [6.07, 6.45) is 2.37. The number of aryl methyl sites for hydroxylation is 1. The topological polar surface area (TPSA) is 65.7 Å². The van der Waals surface area contributed by atoms with Crippen molar-refractivity contribution in [3.05, 3.63) is 52.2 Å². The molecule has 0 aliphatic carbocycles. The fraction of sp³-hybridized carbons (Fsp3) is 0.500. The molecule has 1 aliphatic rings. The molecule has 6 nitrogen and oxygen atoms in total. The number of furan rings is 1. The first-order chi connectivity index (χ1) is 15.1. The SMILES string of the molecule is CCNC(=NCC1CCN(Cc2csc(C)n2)CC1)NC(C)c1cc2ccccc2o1.